The lowest BCUT2D eigenvalue weighted by atomic mass is 10.3. The molecule has 0 bridgehead atoms. The van der Waals surface area contributed by atoms with Gasteiger partial charge in [-0.3, -0.25) is 0 Å². The molecule has 58 valence electrons. The third kappa shape index (κ3) is 1.52. The highest BCUT2D eigenvalue weighted by molar-refractivity contribution is 5.45. The van der Waals surface area contributed by atoms with Crippen molar-refractivity contribution in [3.05, 3.63) is 35.0 Å². The molecule has 0 saturated carbocycles. The zero-order valence-electron chi connectivity index (χ0n) is 5.99. The smallest absolute Gasteiger partial charge is 0.148 e. The first-order valence-electron chi connectivity index (χ1n) is 3.07. The van der Waals surface area contributed by atoms with Crippen molar-refractivity contribution >= 4 is 5.69 Å². The summed E-state index contributed by atoms with van der Waals surface area (Å²) in [5.41, 5.74) is 0.183. The Labute approximate surface area is 63.4 Å². The van der Waals surface area contributed by atoms with E-state index >= 15 is 0 Å². The van der Waals surface area contributed by atoms with Gasteiger partial charge >= 0.3 is 0 Å². The van der Waals surface area contributed by atoms with Gasteiger partial charge in [0.15, 0.2) is 0 Å². The molecular weight excluding hydrogens is 147 g/mol. The highest BCUT2D eigenvalue weighted by Gasteiger charge is 2.04. The quantitative estimate of drug-likeness (QED) is 0.481. The minimum absolute atomic E-state index is 0.183. The predicted molar refractivity (Wildman–Crippen MR) is 40.6 cm³/mol. The van der Waals surface area contributed by atoms with E-state index in [9.17, 15) is 9.30 Å². The number of nitroso groups, excluding NO2 is 1. The molecule has 1 rings (SSSR count). The zero-order valence-corrected chi connectivity index (χ0v) is 5.99. The van der Waals surface area contributed by atoms with Crippen molar-refractivity contribution in [1.29, 1.82) is 0 Å². The summed E-state index contributed by atoms with van der Waals surface area (Å²) < 4.78 is 12.8. The van der Waals surface area contributed by atoms with Gasteiger partial charge in [-0.1, -0.05) is 12.1 Å². The minimum Gasteiger partial charge on any atom is -0.229 e. The molecular formula is C7H7FN2O. The molecule has 0 aliphatic carbocycles. The van der Waals surface area contributed by atoms with Gasteiger partial charge in [0.05, 0.1) is 11.0 Å². The van der Waals surface area contributed by atoms with Gasteiger partial charge in [0.25, 0.3) is 0 Å². The Morgan fingerprint density at radius 3 is 2.64 bits per heavy atom. The van der Waals surface area contributed by atoms with Crippen molar-refractivity contribution in [2.75, 3.05) is 12.1 Å². The maximum atomic E-state index is 12.8. The molecule has 0 aromatic heterocycles. The van der Waals surface area contributed by atoms with Crippen LogP contribution >= 0.6 is 0 Å². The summed E-state index contributed by atoms with van der Waals surface area (Å²) in [7, 11) is 1.39. The Morgan fingerprint density at radius 1 is 1.45 bits per heavy atom. The Kier molecular flexibility index (Phi) is 2.15. The number of rotatable bonds is 2. The van der Waals surface area contributed by atoms with Crippen LogP contribution in [0.1, 0.15) is 0 Å². The summed E-state index contributed by atoms with van der Waals surface area (Å²) in [6.45, 7) is 0. The van der Waals surface area contributed by atoms with Crippen LogP contribution < -0.4 is 5.01 Å². The number of anilines is 1. The fourth-order valence-electron chi connectivity index (χ4n) is 0.758. The first kappa shape index (κ1) is 7.65. The lowest BCUT2D eigenvalue weighted by molar-refractivity contribution is 0.624. The highest BCUT2D eigenvalue weighted by Crippen LogP contribution is 2.16. The number of hydrogen-bond donors (Lipinski definition) is 0. The van der Waals surface area contributed by atoms with Gasteiger partial charge in [0, 0.05) is 7.05 Å². The van der Waals surface area contributed by atoms with Crippen LogP contribution in [0.25, 0.3) is 0 Å². The fraction of sp³-hybridized carbons (Fsp3) is 0.143. The van der Waals surface area contributed by atoms with Gasteiger partial charge in [-0.15, -0.1) is 4.91 Å². The summed E-state index contributed by atoms with van der Waals surface area (Å²) in [5, 5.41) is 3.50. The van der Waals surface area contributed by atoms with Crippen molar-refractivity contribution in [1.82, 2.24) is 0 Å². The predicted octanol–water partition coefficient (Wildman–Crippen LogP) is 1.94. The third-order valence-corrected chi connectivity index (χ3v) is 1.32. The topological polar surface area (TPSA) is 32.7 Å². The van der Waals surface area contributed by atoms with Gasteiger partial charge in [-0.25, -0.2) is 9.40 Å². The average molecular weight is 154 g/mol. The lowest BCUT2D eigenvalue weighted by Crippen LogP contribution is -2.08. The SMILES string of the molecule is CN(N=O)c1ccccc1F. The molecule has 1 aromatic carbocycles. The molecule has 4 heteroatoms. The maximum Gasteiger partial charge on any atom is 0.148 e. The third-order valence-electron chi connectivity index (χ3n) is 1.32. The molecule has 0 amide bonds. The second kappa shape index (κ2) is 3.09. The van der Waals surface area contributed by atoms with E-state index < -0.39 is 5.82 Å². The van der Waals surface area contributed by atoms with E-state index in [0.29, 0.717) is 0 Å². The van der Waals surface area contributed by atoms with E-state index in [1.54, 1.807) is 12.1 Å². The van der Waals surface area contributed by atoms with E-state index in [2.05, 4.69) is 5.29 Å². The Hall–Kier alpha value is -1.45. The summed E-state index contributed by atoms with van der Waals surface area (Å²) in [6, 6.07) is 5.95. The first-order chi connectivity index (χ1) is 5.25. The van der Waals surface area contributed by atoms with Crippen molar-refractivity contribution in [3.63, 3.8) is 0 Å². The monoisotopic (exact) mass is 154 g/mol. The fourth-order valence-corrected chi connectivity index (χ4v) is 0.758. The van der Waals surface area contributed by atoms with Gasteiger partial charge in [-0.05, 0) is 12.1 Å². The summed E-state index contributed by atoms with van der Waals surface area (Å²) in [6.07, 6.45) is 0. The van der Waals surface area contributed by atoms with E-state index in [1.165, 1.54) is 19.2 Å². The maximum absolute atomic E-state index is 12.8. The molecule has 0 unspecified atom stereocenters. The summed E-state index contributed by atoms with van der Waals surface area (Å²) >= 11 is 0. The normalized spacial score (nSPS) is 9.27. The molecule has 0 atom stereocenters. The Morgan fingerprint density at radius 2 is 2.09 bits per heavy atom. The van der Waals surface area contributed by atoms with E-state index in [1.807, 2.05) is 0 Å². The largest absolute Gasteiger partial charge is 0.229 e. The second-order valence-electron chi connectivity index (χ2n) is 2.06. The van der Waals surface area contributed by atoms with Crippen LogP contribution in [0.15, 0.2) is 29.6 Å². The molecule has 3 nitrogen and oxygen atoms in total. The molecule has 0 heterocycles. The Balaban J connectivity index is 3.02. The van der Waals surface area contributed by atoms with Crippen molar-refractivity contribution in [2.45, 2.75) is 0 Å². The second-order valence-corrected chi connectivity index (χ2v) is 2.06. The Bertz CT molecular complexity index is 264. The van der Waals surface area contributed by atoms with E-state index in [0.717, 1.165) is 5.01 Å². The minimum atomic E-state index is -0.449. The van der Waals surface area contributed by atoms with Crippen LogP contribution in [0.2, 0.25) is 0 Å². The number of hydrogen-bond acceptors (Lipinski definition) is 2. The molecule has 0 radical (unpaired) electrons. The number of halogens is 1. The lowest BCUT2D eigenvalue weighted by Gasteiger charge is -2.07. The summed E-state index contributed by atoms with van der Waals surface area (Å²) in [5.74, 6) is -0.449. The van der Waals surface area contributed by atoms with Crippen LogP contribution in [0.3, 0.4) is 0 Å². The molecule has 0 fully saturated rings. The van der Waals surface area contributed by atoms with Crippen molar-refractivity contribution in [2.24, 2.45) is 5.29 Å². The van der Waals surface area contributed by atoms with Crippen LogP contribution in [0.5, 0.6) is 0 Å². The van der Waals surface area contributed by atoms with Crippen molar-refractivity contribution < 1.29 is 4.39 Å². The van der Waals surface area contributed by atoms with Crippen LogP contribution in [-0.2, 0) is 0 Å². The number of para-hydroxylation sites is 1. The van der Waals surface area contributed by atoms with Gasteiger partial charge < -0.3 is 0 Å². The highest BCUT2D eigenvalue weighted by atomic mass is 19.1. The molecule has 0 aliphatic rings. The van der Waals surface area contributed by atoms with Crippen molar-refractivity contribution in [3.8, 4) is 0 Å². The number of nitrogens with zero attached hydrogens (tertiary/aromatic N) is 2. The molecule has 1 aromatic rings. The van der Waals surface area contributed by atoms with Crippen LogP contribution in [0, 0.1) is 10.7 Å². The average Bonchev–Trinajstić information content (AvgIpc) is 2.04. The molecule has 0 N–H and O–H groups in total. The standard InChI is InChI=1S/C7H7FN2O/c1-10(9-11)7-5-3-2-4-6(7)8/h2-5H,1H3. The summed E-state index contributed by atoms with van der Waals surface area (Å²) in [4.78, 5) is 9.97. The van der Waals surface area contributed by atoms with Gasteiger partial charge in [-0.2, -0.15) is 0 Å². The molecule has 0 saturated heterocycles. The number of benzene rings is 1. The zero-order chi connectivity index (χ0) is 8.27. The van der Waals surface area contributed by atoms with Gasteiger partial charge in [0.1, 0.15) is 5.82 Å². The van der Waals surface area contributed by atoms with Gasteiger partial charge in [0.2, 0.25) is 0 Å². The van der Waals surface area contributed by atoms with Crippen LogP contribution in [0.4, 0.5) is 10.1 Å². The van der Waals surface area contributed by atoms with E-state index in [-0.39, 0.29) is 5.69 Å². The van der Waals surface area contributed by atoms with Crippen LogP contribution in [-0.4, -0.2) is 7.05 Å². The molecule has 0 aliphatic heterocycles. The molecule has 11 heavy (non-hydrogen) atoms. The molecule has 0 spiro atoms. The first-order valence-corrected chi connectivity index (χ1v) is 3.07. The van der Waals surface area contributed by atoms with E-state index in [4.69, 9.17) is 0 Å².